The van der Waals surface area contributed by atoms with Gasteiger partial charge in [0, 0.05) is 23.4 Å². The lowest BCUT2D eigenvalue weighted by Crippen LogP contribution is -2.62. The molecule has 1 aromatic carbocycles. The highest BCUT2D eigenvalue weighted by atomic mass is 32.2. The van der Waals surface area contributed by atoms with E-state index in [1.165, 1.54) is 0 Å². The molecule has 4 saturated carbocycles. The minimum atomic E-state index is -3.74. The van der Waals surface area contributed by atoms with Crippen LogP contribution in [-0.4, -0.2) is 31.8 Å². The van der Waals surface area contributed by atoms with Crippen LogP contribution in [0.5, 0.6) is 0 Å². The molecule has 4 aliphatic rings. The zero-order chi connectivity index (χ0) is 22.6. The van der Waals surface area contributed by atoms with Crippen molar-refractivity contribution in [3.63, 3.8) is 0 Å². The number of nitrogens with two attached hydrogens (primary N) is 1. The van der Waals surface area contributed by atoms with Crippen molar-refractivity contribution in [2.24, 2.45) is 28.9 Å². The maximum atomic E-state index is 12.9. The molecule has 0 aromatic heterocycles. The fourth-order valence-electron chi connectivity index (χ4n) is 6.51. The van der Waals surface area contributed by atoms with Crippen LogP contribution in [0.3, 0.4) is 0 Å². The SMILES string of the molecule is Cc1ccccc1S(=O)(=O)NC(C)(C)CC(=O)NC1C2CC3CC1CC(C(N)=O)(C3)C2. The van der Waals surface area contributed by atoms with E-state index in [1.54, 1.807) is 45.0 Å². The number of rotatable bonds is 7. The van der Waals surface area contributed by atoms with Crippen molar-refractivity contribution in [1.82, 2.24) is 10.0 Å². The summed E-state index contributed by atoms with van der Waals surface area (Å²) in [6.07, 6.45) is 4.49. The van der Waals surface area contributed by atoms with Crippen LogP contribution in [0.2, 0.25) is 0 Å². The van der Waals surface area contributed by atoms with E-state index in [9.17, 15) is 18.0 Å². The van der Waals surface area contributed by atoms with Gasteiger partial charge in [0.2, 0.25) is 21.8 Å². The van der Waals surface area contributed by atoms with Crippen molar-refractivity contribution in [3.05, 3.63) is 29.8 Å². The molecule has 7 nitrogen and oxygen atoms in total. The van der Waals surface area contributed by atoms with Crippen molar-refractivity contribution in [3.8, 4) is 0 Å². The van der Waals surface area contributed by atoms with Crippen LogP contribution >= 0.6 is 0 Å². The van der Waals surface area contributed by atoms with Gasteiger partial charge in [-0.25, -0.2) is 13.1 Å². The highest BCUT2D eigenvalue weighted by molar-refractivity contribution is 7.89. The molecule has 2 unspecified atom stereocenters. The molecule has 0 aliphatic heterocycles. The van der Waals surface area contributed by atoms with E-state index in [4.69, 9.17) is 5.73 Å². The third kappa shape index (κ3) is 4.24. The number of hydrogen-bond donors (Lipinski definition) is 3. The van der Waals surface area contributed by atoms with E-state index in [0.717, 1.165) is 32.1 Å². The van der Waals surface area contributed by atoms with Crippen LogP contribution in [0.4, 0.5) is 0 Å². The first kappa shape index (κ1) is 22.3. The normalized spacial score (nSPS) is 32.1. The van der Waals surface area contributed by atoms with Crippen molar-refractivity contribution in [1.29, 1.82) is 0 Å². The van der Waals surface area contributed by atoms with E-state index in [-0.39, 0.29) is 46.4 Å². The smallest absolute Gasteiger partial charge is 0.241 e. The molecule has 0 heterocycles. The summed E-state index contributed by atoms with van der Waals surface area (Å²) < 4.78 is 28.4. The summed E-state index contributed by atoms with van der Waals surface area (Å²) in [4.78, 5) is 25.3. The second-order valence-electron chi connectivity index (χ2n) is 10.6. The van der Waals surface area contributed by atoms with Gasteiger partial charge in [-0.2, -0.15) is 0 Å². The summed E-state index contributed by atoms with van der Waals surface area (Å²) in [5, 5.41) is 3.19. The average molecular weight is 448 g/mol. The molecule has 2 amide bonds. The van der Waals surface area contributed by atoms with Crippen LogP contribution in [-0.2, 0) is 19.6 Å². The first-order valence-corrected chi connectivity index (χ1v) is 12.6. The molecule has 0 saturated heterocycles. The number of aryl methyl sites for hydroxylation is 1. The first-order valence-electron chi connectivity index (χ1n) is 11.1. The Bertz CT molecular complexity index is 988. The summed E-state index contributed by atoms with van der Waals surface area (Å²) in [5.74, 6) is 0.714. The second-order valence-corrected chi connectivity index (χ2v) is 12.3. The van der Waals surface area contributed by atoms with E-state index in [1.807, 2.05) is 0 Å². The van der Waals surface area contributed by atoms with Gasteiger partial charge in [0.25, 0.3) is 0 Å². The molecule has 0 radical (unpaired) electrons. The standard InChI is InChI=1S/C23H33N3O4S/c1-14-6-4-5-7-18(14)31(29,30)26-22(2,3)13-19(27)25-20-16-8-15-9-17(20)12-23(10-15,11-16)21(24)28/h4-7,15-17,20,26H,8-13H2,1-3H3,(H2,24,28)(H,25,27). The lowest BCUT2D eigenvalue weighted by Gasteiger charge is -2.58. The molecule has 4 N–H and O–H groups in total. The van der Waals surface area contributed by atoms with Gasteiger partial charge in [-0.1, -0.05) is 18.2 Å². The predicted octanol–water partition coefficient (Wildman–Crippen LogP) is 2.24. The molecule has 4 aliphatic carbocycles. The average Bonchev–Trinajstić information content (AvgIpc) is 2.63. The number of primary amides is 1. The minimum absolute atomic E-state index is 0.0401. The molecule has 5 rings (SSSR count). The Balaban J connectivity index is 1.41. The lowest BCUT2D eigenvalue weighted by atomic mass is 9.47. The van der Waals surface area contributed by atoms with Gasteiger partial charge < -0.3 is 11.1 Å². The summed E-state index contributed by atoms with van der Waals surface area (Å²) in [6, 6.07) is 6.84. The monoisotopic (exact) mass is 447 g/mol. The van der Waals surface area contributed by atoms with Gasteiger partial charge in [-0.3, -0.25) is 9.59 Å². The number of benzene rings is 1. The summed E-state index contributed by atoms with van der Waals surface area (Å²) in [5.41, 5.74) is 5.08. The van der Waals surface area contributed by atoms with Crippen molar-refractivity contribution in [2.45, 2.75) is 75.8 Å². The van der Waals surface area contributed by atoms with Gasteiger partial charge in [-0.15, -0.1) is 0 Å². The van der Waals surface area contributed by atoms with Crippen molar-refractivity contribution < 1.29 is 18.0 Å². The highest BCUT2D eigenvalue weighted by Crippen LogP contribution is 2.59. The minimum Gasteiger partial charge on any atom is -0.369 e. The summed E-state index contributed by atoms with van der Waals surface area (Å²) in [6.45, 7) is 5.20. The molecule has 2 atom stereocenters. The first-order chi connectivity index (χ1) is 14.4. The van der Waals surface area contributed by atoms with E-state index < -0.39 is 15.6 Å². The highest BCUT2D eigenvalue weighted by Gasteiger charge is 2.58. The van der Waals surface area contributed by atoms with Gasteiger partial charge >= 0.3 is 0 Å². The molecular formula is C23H33N3O4S. The number of amides is 2. The van der Waals surface area contributed by atoms with Crippen LogP contribution in [0.1, 0.15) is 57.9 Å². The number of carbonyl (C=O) groups excluding carboxylic acids is 2. The van der Waals surface area contributed by atoms with E-state index >= 15 is 0 Å². The Hall–Kier alpha value is -1.93. The van der Waals surface area contributed by atoms with Gasteiger partial charge in [0.15, 0.2) is 0 Å². The van der Waals surface area contributed by atoms with Crippen LogP contribution in [0, 0.1) is 30.1 Å². The molecule has 8 heteroatoms. The lowest BCUT2D eigenvalue weighted by molar-refractivity contribution is -0.147. The van der Waals surface area contributed by atoms with Crippen LogP contribution < -0.4 is 15.8 Å². The molecule has 4 bridgehead atoms. The Morgan fingerprint density at radius 1 is 1.13 bits per heavy atom. The second kappa shape index (κ2) is 7.59. The molecule has 31 heavy (non-hydrogen) atoms. The fraction of sp³-hybridized carbons (Fsp3) is 0.652. The molecule has 170 valence electrons. The molecule has 0 spiro atoms. The zero-order valence-corrected chi connectivity index (χ0v) is 19.3. The molecule has 1 aromatic rings. The summed E-state index contributed by atoms with van der Waals surface area (Å²) >= 11 is 0. The Morgan fingerprint density at radius 3 is 2.32 bits per heavy atom. The zero-order valence-electron chi connectivity index (χ0n) is 18.5. The largest absolute Gasteiger partial charge is 0.369 e. The molecule has 4 fully saturated rings. The predicted molar refractivity (Wildman–Crippen MR) is 117 cm³/mol. The van der Waals surface area contributed by atoms with Gasteiger partial charge in [-0.05, 0) is 82.3 Å². The number of sulfonamides is 1. The Kier molecular flexibility index (Phi) is 5.45. The summed E-state index contributed by atoms with van der Waals surface area (Å²) in [7, 11) is -3.74. The maximum absolute atomic E-state index is 12.9. The fourth-order valence-corrected chi connectivity index (χ4v) is 8.17. The Morgan fingerprint density at radius 2 is 1.74 bits per heavy atom. The molecular weight excluding hydrogens is 414 g/mol. The number of hydrogen-bond acceptors (Lipinski definition) is 4. The van der Waals surface area contributed by atoms with E-state index in [2.05, 4.69) is 10.0 Å². The quantitative estimate of drug-likeness (QED) is 0.594. The number of nitrogens with one attached hydrogen (secondary N) is 2. The number of carbonyl (C=O) groups is 2. The topological polar surface area (TPSA) is 118 Å². The van der Waals surface area contributed by atoms with Gasteiger partial charge in [0.05, 0.1) is 4.90 Å². The third-order valence-electron chi connectivity index (χ3n) is 7.52. The third-order valence-corrected chi connectivity index (χ3v) is 9.38. The van der Waals surface area contributed by atoms with Gasteiger partial charge in [0.1, 0.15) is 0 Å². The van der Waals surface area contributed by atoms with E-state index in [0.29, 0.717) is 11.5 Å². The van der Waals surface area contributed by atoms with Crippen LogP contribution in [0.25, 0.3) is 0 Å². The van der Waals surface area contributed by atoms with Crippen molar-refractivity contribution >= 4 is 21.8 Å². The van der Waals surface area contributed by atoms with Crippen molar-refractivity contribution in [2.75, 3.05) is 0 Å². The van der Waals surface area contributed by atoms with Crippen LogP contribution in [0.15, 0.2) is 29.2 Å². The Labute approximate surface area is 184 Å². The maximum Gasteiger partial charge on any atom is 0.241 e.